The molecule has 1 rings (SSSR count). The van der Waals surface area contributed by atoms with Crippen molar-refractivity contribution in [3.63, 3.8) is 0 Å². The smallest absolute Gasteiger partial charge is 0.323 e. The largest absolute Gasteiger partial charge is 0.480 e. The number of aliphatic carboxylic acids is 1. The Labute approximate surface area is 99.5 Å². The van der Waals surface area contributed by atoms with Crippen molar-refractivity contribution in [2.45, 2.75) is 26.3 Å². The Morgan fingerprint density at radius 1 is 1.59 bits per heavy atom. The van der Waals surface area contributed by atoms with E-state index < -0.39 is 5.97 Å². The fourth-order valence-corrected chi connectivity index (χ4v) is 1.43. The second-order valence-electron chi connectivity index (χ2n) is 3.62. The Kier molecular flexibility index (Phi) is 4.40. The molecule has 0 spiro atoms. The molecule has 0 fully saturated rings. The molecule has 6 nitrogen and oxygen atoms in total. The number of nitrogens with zero attached hydrogens (tertiary/aromatic N) is 4. The minimum Gasteiger partial charge on any atom is -0.480 e. The SMILES string of the molecule is CCC(C)N(CC(=O)O)c1nccnc1C#N. The number of carboxylic acid groups (broad SMARTS) is 1. The molecular formula is C11H14N4O2. The van der Waals surface area contributed by atoms with Crippen molar-refractivity contribution in [1.29, 1.82) is 5.26 Å². The lowest BCUT2D eigenvalue weighted by molar-refractivity contribution is -0.135. The maximum absolute atomic E-state index is 10.8. The lowest BCUT2D eigenvalue weighted by atomic mass is 10.2. The fourth-order valence-electron chi connectivity index (χ4n) is 1.43. The van der Waals surface area contributed by atoms with Crippen LogP contribution in [0.4, 0.5) is 5.82 Å². The summed E-state index contributed by atoms with van der Waals surface area (Å²) in [7, 11) is 0. The Bertz CT molecular complexity index is 441. The highest BCUT2D eigenvalue weighted by atomic mass is 16.4. The molecule has 17 heavy (non-hydrogen) atoms. The van der Waals surface area contributed by atoms with Crippen LogP contribution >= 0.6 is 0 Å². The van der Waals surface area contributed by atoms with E-state index in [0.29, 0.717) is 5.82 Å². The van der Waals surface area contributed by atoms with E-state index >= 15 is 0 Å². The highest BCUT2D eigenvalue weighted by molar-refractivity contribution is 5.74. The van der Waals surface area contributed by atoms with Crippen molar-refractivity contribution >= 4 is 11.8 Å². The van der Waals surface area contributed by atoms with Crippen LogP contribution in [-0.4, -0.2) is 33.6 Å². The third-order valence-corrected chi connectivity index (χ3v) is 2.49. The molecule has 1 N–H and O–H groups in total. The molecule has 0 aromatic carbocycles. The number of rotatable bonds is 5. The van der Waals surface area contributed by atoms with Gasteiger partial charge in [0.15, 0.2) is 11.5 Å². The summed E-state index contributed by atoms with van der Waals surface area (Å²) in [6, 6.07) is 1.90. The van der Waals surface area contributed by atoms with Crippen molar-refractivity contribution in [3.05, 3.63) is 18.1 Å². The number of carbonyl (C=O) groups is 1. The summed E-state index contributed by atoms with van der Waals surface area (Å²) in [6.45, 7) is 3.64. The zero-order chi connectivity index (χ0) is 12.8. The van der Waals surface area contributed by atoms with Crippen LogP contribution in [0.2, 0.25) is 0 Å². The third-order valence-electron chi connectivity index (χ3n) is 2.49. The molecule has 1 aromatic rings. The maximum Gasteiger partial charge on any atom is 0.323 e. The molecule has 0 amide bonds. The minimum atomic E-state index is -0.958. The first-order chi connectivity index (χ1) is 8.10. The van der Waals surface area contributed by atoms with E-state index in [9.17, 15) is 4.79 Å². The van der Waals surface area contributed by atoms with Gasteiger partial charge >= 0.3 is 5.97 Å². The molecule has 1 atom stereocenters. The van der Waals surface area contributed by atoms with Crippen LogP contribution in [0.15, 0.2) is 12.4 Å². The van der Waals surface area contributed by atoms with Gasteiger partial charge in [-0.1, -0.05) is 6.92 Å². The second-order valence-corrected chi connectivity index (χ2v) is 3.62. The first-order valence-electron chi connectivity index (χ1n) is 5.29. The van der Waals surface area contributed by atoms with Crippen LogP contribution in [0.25, 0.3) is 0 Å². The minimum absolute atomic E-state index is 0.0186. The molecule has 6 heteroatoms. The van der Waals surface area contributed by atoms with Crippen LogP contribution in [-0.2, 0) is 4.79 Å². The topological polar surface area (TPSA) is 90.1 Å². The second kappa shape index (κ2) is 5.80. The molecule has 1 unspecified atom stereocenters. The summed E-state index contributed by atoms with van der Waals surface area (Å²) >= 11 is 0. The van der Waals surface area contributed by atoms with Gasteiger partial charge in [-0.25, -0.2) is 9.97 Å². The zero-order valence-corrected chi connectivity index (χ0v) is 9.79. The Morgan fingerprint density at radius 2 is 2.24 bits per heavy atom. The molecule has 1 aromatic heterocycles. The Hall–Kier alpha value is -2.16. The Balaban J connectivity index is 3.12. The molecule has 0 radical (unpaired) electrons. The van der Waals surface area contributed by atoms with Crippen LogP contribution in [0.3, 0.4) is 0 Å². The summed E-state index contributed by atoms with van der Waals surface area (Å²) in [5, 5.41) is 17.8. The van der Waals surface area contributed by atoms with Gasteiger partial charge in [0.1, 0.15) is 12.6 Å². The van der Waals surface area contributed by atoms with E-state index in [-0.39, 0.29) is 18.3 Å². The zero-order valence-electron chi connectivity index (χ0n) is 9.79. The first kappa shape index (κ1) is 12.9. The van der Waals surface area contributed by atoms with E-state index in [1.165, 1.54) is 12.4 Å². The average molecular weight is 234 g/mol. The molecule has 0 aliphatic rings. The number of hydrogen-bond acceptors (Lipinski definition) is 5. The van der Waals surface area contributed by atoms with Gasteiger partial charge in [0.25, 0.3) is 0 Å². The van der Waals surface area contributed by atoms with Crippen molar-refractivity contribution < 1.29 is 9.90 Å². The van der Waals surface area contributed by atoms with Gasteiger partial charge in [-0.15, -0.1) is 0 Å². The standard InChI is InChI=1S/C11H14N4O2/c1-3-8(2)15(7-10(16)17)11-9(6-12)13-4-5-14-11/h4-5,8H,3,7H2,1-2H3,(H,16,17). The lowest BCUT2D eigenvalue weighted by Gasteiger charge is -2.27. The monoisotopic (exact) mass is 234 g/mol. The number of nitriles is 1. The van der Waals surface area contributed by atoms with Crippen LogP contribution in [0.1, 0.15) is 26.0 Å². The lowest BCUT2D eigenvalue weighted by Crippen LogP contribution is -2.38. The fraction of sp³-hybridized carbons (Fsp3) is 0.455. The summed E-state index contributed by atoms with van der Waals surface area (Å²) in [6.07, 6.45) is 3.62. The molecule has 0 bridgehead atoms. The quantitative estimate of drug-likeness (QED) is 0.818. The van der Waals surface area contributed by atoms with Crippen molar-refractivity contribution in [1.82, 2.24) is 9.97 Å². The maximum atomic E-state index is 10.8. The summed E-state index contributed by atoms with van der Waals surface area (Å²) in [5.41, 5.74) is 0.147. The highest BCUT2D eigenvalue weighted by Crippen LogP contribution is 2.18. The molecule has 0 saturated carbocycles. The molecule has 90 valence electrons. The van der Waals surface area contributed by atoms with Crippen molar-refractivity contribution in [2.75, 3.05) is 11.4 Å². The average Bonchev–Trinajstić information content (AvgIpc) is 2.34. The number of anilines is 1. The van der Waals surface area contributed by atoms with Gasteiger partial charge in [-0.3, -0.25) is 4.79 Å². The van der Waals surface area contributed by atoms with E-state index in [1.807, 2.05) is 19.9 Å². The first-order valence-corrected chi connectivity index (χ1v) is 5.29. The van der Waals surface area contributed by atoms with Gasteiger partial charge in [0, 0.05) is 18.4 Å². The van der Waals surface area contributed by atoms with Gasteiger partial charge in [-0.05, 0) is 13.3 Å². The van der Waals surface area contributed by atoms with E-state index in [1.54, 1.807) is 4.90 Å². The molecule has 0 aliphatic heterocycles. The molecule has 0 aliphatic carbocycles. The normalized spacial score (nSPS) is 11.6. The van der Waals surface area contributed by atoms with Gasteiger partial charge in [-0.2, -0.15) is 5.26 Å². The number of aromatic nitrogens is 2. The van der Waals surface area contributed by atoms with E-state index in [4.69, 9.17) is 10.4 Å². The van der Waals surface area contributed by atoms with Crippen molar-refractivity contribution in [3.8, 4) is 6.07 Å². The van der Waals surface area contributed by atoms with E-state index in [0.717, 1.165) is 6.42 Å². The molecule has 0 saturated heterocycles. The van der Waals surface area contributed by atoms with Crippen molar-refractivity contribution in [2.24, 2.45) is 0 Å². The number of carboxylic acids is 1. The Morgan fingerprint density at radius 3 is 2.76 bits per heavy atom. The predicted octanol–water partition coefficient (Wildman–Crippen LogP) is 1.04. The molecular weight excluding hydrogens is 220 g/mol. The van der Waals surface area contributed by atoms with Crippen LogP contribution < -0.4 is 4.90 Å². The predicted molar refractivity (Wildman–Crippen MR) is 61.5 cm³/mol. The van der Waals surface area contributed by atoms with Crippen LogP contribution in [0.5, 0.6) is 0 Å². The summed E-state index contributed by atoms with van der Waals surface area (Å²) in [5.74, 6) is -0.633. The third kappa shape index (κ3) is 3.14. The molecule has 1 heterocycles. The highest BCUT2D eigenvalue weighted by Gasteiger charge is 2.20. The van der Waals surface area contributed by atoms with Gasteiger partial charge in [0.05, 0.1) is 0 Å². The summed E-state index contributed by atoms with van der Waals surface area (Å²) < 4.78 is 0. The summed E-state index contributed by atoms with van der Waals surface area (Å²) in [4.78, 5) is 20.3. The van der Waals surface area contributed by atoms with Gasteiger partial charge in [0.2, 0.25) is 0 Å². The number of hydrogen-bond donors (Lipinski definition) is 1. The van der Waals surface area contributed by atoms with Gasteiger partial charge < -0.3 is 10.0 Å². The van der Waals surface area contributed by atoms with E-state index in [2.05, 4.69) is 9.97 Å². The van der Waals surface area contributed by atoms with Crippen LogP contribution in [0, 0.1) is 11.3 Å².